The van der Waals surface area contributed by atoms with Crippen molar-refractivity contribution < 1.29 is 9.47 Å². The fourth-order valence-electron chi connectivity index (χ4n) is 2.82. The number of nitrogens with zero attached hydrogens (tertiary/aromatic N) is 2. The highest BCUT2D eigenvalue weighted by molar-refractivity contribution is 6.30. The predicted molar refractivity (Wildman–Crippen MR) is 94.4 cm³/mol. The van der Waals surface area contributed by atoms with Gasteiger partial charge >= 0.3 is 0 Å². The largest absolute Gasteiger partial charge is 0.496 e. The van der Waals surface area contributed by atoms with E-state index in [9.17, 15) is 0 Å². The molecule has 23 heavy (non-hydrogen) atoms. The predicted octanol–water partition coefficient (Wildman–Crippen LogP) is 2.78. The van der Waals surface area contributed by atoms with Gasteiger partial charge in [0, 0.05) is 49.8 Å². The number of ether oxygens (including phenoxy) is 2. The Hall–Kier alpha value is -1.46. The van der Waals surface area contributed by atoms with E-state index >= 15 is 0 Å². The smallest absolute Gasteiger partial charge is 0.193 e. The van der Waals surface area contributed by atoms with Crippen molar-refractivity contribution in [1.29, 1.82) is 0 Å². The Bertz CT molecular complexity index is 537. The number of hydrogen-bond donors (Lipinski definition) is 1. The lowest BCUT2D eigenvalue weighted by molar-refractivity contribution is 0.114. The van der Waals surface area contributed by atoms with E-state index in [2.05, 4.69) is 15.2 Å². The van der Waals surface area contributed by atoms with Gasteiger partial charge in [-0.3, -0.25) is 4.99 Å². The van der Waals surface area contributed by atoms with E-state index in [0.29, 0.717) is 17.5 Å². The average Bonchev–Trinajstić information content (AvgIpc) is 3.03. The molecule has 0 spiro atoms. The van der Waals surface area contributed by atoms with Crippen LogP contribution in [0.3, 0.4) is 0 Å². The molecule has 1 heterocycles. The number of nitrogens with one attached hydrogen (secondary N) is 1. The molecule has 1 atom stereocenters. The van der Waals surface area contributed by atoms with Crippen LogP contribution in [0.2, 0.25) is 5.02 Å². The summed E-state index contributed by atoms with van der Waals surface area (Å²) in [5.41, 5.74) is 1.06. The van der Waals surface area contributed by atoms with Crippen molar-refractivity contribution in [3.8, 4) is 5.75 Å². The Morgan fingerprint density at radius 1 is 1.48 bits per heavy atom. The molecule has 1 saturated heterocycles. The molecular weight excluding hydrogens is 314 g/mol. The number of likely N-dealkylation sites (tertiary alicyclic amines) is 1. The molecule has 0 saturated carbocycles. The average molecular weight is 340 g/mol. The summed E-state index contributed by atoms with van der Waals surface area (Å²) in [6.45, 7) is 6.29. The van der Waals surface area contributed by atoms with Crippen LogP contribution < -0.4 is 10.1 Å². The zero-order valence-corrected chi connectivity index (χ0v) is 14.9. The summed E-state index contributed by atoms with van der Waals surface area (Å²) < 4.78 is 10.9. The molecule has 6 heteroatoms. The van der Waals surface area contributed by atoms with Gasteiger partial charge < -0.3 is 19.7 Å². The van der Waals surface area contributed by atoms with Gasteiger partial charge in [0.15, 0.2) is 5.96 Å². The fourth-order valence-corrected chi connectivity index (χ4v) is 2.98. The maximum atomic E-state index is 6.00. The van der Waals surface area contributed by atoms with Crippen molar-refractivity contribution in [2.45, 2.75) is 19.9 Å². The van der Waals surface area contributed by atoms with Crippen LogP contribution in [0.25, 0.3) is 0 Å². The van der Waals surface area contributed by atoms with E-state index < -0.39 is 0 Å². The summed E-state index contributed by atoms with van der Waals surface area (Å²) in [5.74, 6) is 2.29. The molecule has 0 bridgehead atoms. The first-order chi connectivity index (χ1) is 11.2. The Morgan fingerprint density at radius 3 is 3.00 bits per heavy atom. The number of aliphatic imine (C=N–C) groups is 1. The van der Waals surface area contributed by atoms with Crippen LogP contribution >= 0.6 is 11.6 Å². The zero-order chi connectivity index (χ0) is 16.7. The number of halogens is 1. The van der Waals surface area contributed by atoms with Crippen molar-refractivity contribution in [2.75, 3.05) is 40.5 Å². The van der Waals surface area contributed by atoms with Crippen molar-refractivity contribution in [2.24, 2.45) is 10.9 Å². The first kappa shape index (κ1) is 17.9. The molecule has 1 N–H and O–H groups in total. The van der Waals surface area contributed by atoms with Gasteiger partial charge in [-0.15, -0.1) is 0 Å². The SMILES string of the molecule is CCOCC1CCN(C(=NC)NCc2ccc(Cl)cc2OC)C1. The van der Waals surface area contributed by atoms with Crippen molar-refractivity contribution in [1.82, 2.24) is 10.2 Å². The second kappa shape index (κ2) is 8.99. The molecule has 1 aromatic carbocycles. The molecule has 1 fully saturated rings. The second-order valence-electron chi connectivity index (χ2n) is 5.62. The maximum absolute atomic E-state index is 6.00. The molecule has 0 amide bonds. The van der Waals surface area contributed by atoms with Crippen LogP contribution in [-0.2, 0) is 11.3 Å². The van der Waals surface area contributed by atoms with E-state index in [-0.39, 0.29) is 0 Å². The van der Waals surface area contributed by atoms with E-state index in [1.165, 1.54) is 0 Å². The first-order valence-corrected chi connectivity index (χ1v) is 8.41. The molecule has 0 aromatic heterocycles. The first-order valence-electron chi connectivity index (χ1n) is 8.03. The van der Waals surface area contributed by atoms with Gasteiger partial charge in [0.2, 0.25) is 0 Å². The quantitative estimate of drug-likeness (QED) is 0.639. The van der Waals surface area contributed by atoms with Crippen LogP contribution in [0.5, 0.6) is 5.75 Å². The van der Waals surface area contributed by atoms with Crippen LogP contribution in [-0.4, -0.2) is 51.3 Å². The van der Waals surface area contributed by atoms with E-state index in [4.69, 9.17) is 21.1 Å². The van der Waals surface area contributed by atoms with Crippen molar-refractivity contribution in [3.05, 3.63) is 28.8 Å². The van der Waals surface area contributed by atoms with E-state index in [1.54, 1.807) is 7.11 Å². The van der Waals surface area contributed by atoms with Gasteiger partial charge in [0.05, 0.1) is 13.7 Å². The molecule has 1 aromatic rings. The van der Waals surface area contributed by atoms with Crippen molar-refractivity contribution >= 4 is 17.6 Å². The third-order valence-electron chi connectivity index (χ3n) is 4.04. The normalized spacial score (nSPS) is 18.3. The Balaban J connectivity index is 1.91. The summed E-state index contributed by atoms with van der Waals surface area (Å²) >= 11 is 6.00. The molecule has 5 nitrogen and oxygen atoms in total. The third-order valence-corrected chi connectivity index (χ3v) is 4.28. The molecule has 1 aliphatic rings. The molecule has 1 unspecified atom stereocenters. The van der Waals surface area contributed by atoms with Crippen LogP contribution in [0.15, 0.2) is 23.2 Å². The monoisotopic (exact) mass is 339 g/mol. The van der Waals surface area contributed by atoms with Crippen LogP contribution in [0.4, 0.5) is 0 Å². The third kappa shape index (κ3) is 5.01. The summed E-state index contributed by atoms with van der Waals surface area (Å²) in [6, 6.07) is 5.68. The minimum atomic E-state index is 0.582. The van der Waals surface area contributed by atoms with E-state index in [0.717, 1.165) is 50.0 Å². The number of rotatable bonds is 6. The highest BCUT2D eigenvalue weighted by atomic mass is 35.5. The van der Waals surface area contributed by atoms with E-state index in [1.807, 2.05) is 32.2 Å². The lowest BCUT2D eigenvalue weighted by Crippen LogP contribution is -2.39. The topological polar surface area (TPSA) is 46.1 Å². The van der Waals surface area contributed by atoms with Crippen LogP contribution in [0.1, 0.15) is 18.9 Å². The van der Waals surface area contributed by atoms with Crippen LogP contribution in [0, 0.1) is 5.92 Å². The second-order valence-corrected chi connectivity index (χ2v) is 6.05. The summed E-state index contributed by atoms with van der Waals surface area (Å²) in [5, 5.41) is 4.08. The summed E-state index contributed by atoms with van der Waals surface area (Å²) in [4.78, 5) is 6.68. The molecular formula is C17H26ClN3O2. The van der Waals surface area contributed by atoms with Gasteiger partial charge in [-0.05, 0) is 25.5 Å². The maximum Gasteiger partial charge on any atom is 0.193 e. The minimum absolute atomic E-state index is 0.582. The number of guanidine groups is 1. The van der Waals surface area contributed by atoms with Gasteiger partial charge in [0.1, 0.15) is 5.75 Å². The van der Waals surface area contributed by atoms with Crippen molar-refractivity contribution in [3.63, 3.8) is 0 Å². The molecule has 0 radical (unpaired) electrons. The molecule has 0 aliphatic carbocycles. The lowest BCUT2D eigenvalue weighted by atomic mass is 10.1. The lowest BCUT2D eigenvalue weighted by Gasteiger charge is -2.22. The molecule has 2 rings (SSSR count). The summed E-state index contributed by atoms with van der Waals surface area (Å²) in [6.07, 6.45) is 1.14. The van der Waals surface area contributed by atoms with Gasteiger partial charge in [0.25, 0.3) is 0 Å². The highest BCUT2D eigenvalue weighted by Gasteiger charge is 2.24. The molecule has 1 aliphatic heterocycles. The Kier molecular flexibility index (Phi) is 6.99. The Morgan fingerprint density at radius 2 is 2.30 bits per heavy atom. The van der Waals surface area contributed by atoms with Gasteiger partial charge in [-0.2, -0.15) is 0 Å². The zero-order valence-electron chi connectivity index (χ0n) is 14.1. The number of hydrogen-bond acceptors (Lipinski definition) is 3. The minimum Gasteiger partial charge on any atom is -0.496 e. The number of benzene rings is 1. The molecule has 128 valence electrons. The summed E-state index contributed by atoms with van der Waals surface area (Å²) in [7, 11) is 3.47. The standard InChI is InChI=1S/C17H26ClN3O2/c1-4-23-12-13-7-8-21(11-13)17(19-2)20-10-14-5-6-15(18)9-16(14)22-3/h5-6,9,13H,4,7-8,10-12H2,1-3H3,(H,19,20). The fraction of sp³-hybridized carbons (Fsp3) is 0.588. The van der Waals surface area contributed by atoms with Gasteiger partial charge in [-0.1, -0.05) is 17.7 Å². The Labute approximate surface area is 143 Å². The highest BCUT2D eigenvalue weighted by Crippen LogP contribution is 2.23. The van der Waals surface area contributed by atoms with Gasteiger partial charge in [-0.25, -0.2) is 0 Å². The number of methoxy groups -OCH3 is 1.